The lowest BCUT2D eigenvalue weighted by Gasteiger charge is -2.21. The minimum atomic E-state index is -2.85. The van der Waals surface area contributed by atoms with E-state index in [-0.39, 0.29) is 17.6 Å². The van der Waals surface area contributed by atoms with E-state index in [9.17, 15) is 13.6 Å². The number of aliphatic imine (C=N–C) groups is 2. The third kappa shape index (κ3) is 5.85. The molecule has 186 valence electrons. The number of ether oxygens (including phenoxy) is 1. The van der Waals surface area contributed by atoms with Gasteiger partial charge in [-0.2, -0.15) is 8.78 Å². The fourth-order valence-electron chi connectivity index (χ4n) is 4.52. The number of carbonyl (C=O) groups excluding carboxylic acids is 1. The summed E-state index contributed by atoms with van der Waals surface area (Å²) in [6.07, 6.45) is 13.1. The summed E-state index contributed by atoms with van der Waals surface area (Å²) in [7, 11) is 0. The number of anilines is 1. The van der Waals surface area contributed by atoms with Crippen LogP contribution in [0.2, 0.25) is 0 Å². The number of carbonyl (C=O) groups is 1. The van der Waals surface area contributed by atoms with Gasteiger partial charge in [0.05, 0.1) is 11.4 Å². The van der Waals surface area contributed by atoms with Crippen LogP contribution in [0.25, 0.3) is 5.57 Å². The van der Waals surface area contributed by atoms with Crippen molar-refractivity contribution in [3.05, 3.63) is 89.3 Å². The zero-order valence-corrected chi connectivity index (χ0v) is 20.4. The highest BCUT2D eigenvalue weighted by Crippen LogP contribution is 2.37. The molecule has 0 radical (unpaired) electrons. The third-order valence-corrected chi connectivity index (χ3v) is 6.23. The van der Waals surface area contributed by atoms with Crippen LogP contribution >= 0.6 is 0 Å². The minimum Gasteiger partial charge on any atom is -0.435 e. The molecule has 4 rings (SSSR count). The molecule has 1 aliphatic carbocycles. The first-order valence-corrected chi connectivity index (χ1v) is 12.1. The fourth-order valence-corrected chi connectivity index (χ4v) is 4.52. The van der Waals surface area contributed by atoms with E-state index >= 15 is 0 Å². The highest BCUT2D eigenvalue weighted by molar-refractivity contribution is 6.12. The van der Waals surface area contributed by atoms with E-state index in [1.54, 1.807) is 31.2 Å². The Balaban J connectivity index is 1.59. The molecule has 1 unspecified atom stereocenters. The Labute approximate surface area is 210 Å². The van der Waals surface area contributed by atoms with E-state index in [0.717, 1.165) is 53.1 Å². The highest BCUT2D eigenvalue weighted by Gasteiger charge is 2.28. The number of halogens is 2. The van der Waals surface area contributed by atoms with E-state index < -0.39 is 6.61 Å². The lowest BCUT2D eigenvalue weighted by molar-refractivity contribution is -0.0498. The maximum absolute atomic E-state index is 12.5. The first-order chi connectivity index (χ1) is 17.5. The SMILES string of the molecule is CC=NC(=O)c1ccc(N/C2=C\C/C=C\CCC3C(c4ccc(OC(F)F)cc4)=CN=C23)cc1CC. The number of allylic oxidation sites excluding steroid dienone is 5. The van der Waals surface area contributed by atoms with Gasteiger partial charge in [-0.05, 0) is 79.6 Å². The summed E-state index contributed by atoms with van der Waals surface area (Å²) in [5.41, 5.74) is 6.24. The van der Waals surface area contributed by atoms with Gasteiger partial charge in [0, 0.05) is 29.6 Å². The second-order valence-corrected chi connectivity index (χ2v) is 8.50. The molecule has 0 aromatic heterocycles. The molecular weight excluding hydrogens is 460 g/mol. The predicted octanol–water partition coefficient (Wildman–Crippen LogP) is 7.23. The summed E-state index contributed by atoms with van der Waals surface area (Å²) < 4.78 is 29.6. The Morgan fingerprint density at radius 2 is 2.03 bits per heavy atom. The van der Waals surface area contributed by atoms with Crippen LogP contribution in [0.1, 0.15) is 54.6 Å². The van der Waals surface area contributed by atoms with E-state index in [1.165, 1.54) is 6.21 Å². The summed E-state index contributed by atoms with van der Waals surface area (Å²) in [6.45, 7) is 0.890. The van der Waals surface area contributed by atoms with Crippen LogP contribution in [0.15, 0.2) is 82.6 Å². The largest absolute Gasteiger partial charge is 0.435 e. The molecular formula is C29H29F2N3O2. The summed E-state index contributed by atoms with van der Waals surface area (Å²) in [5, 5.41) is 3.53. The standard InChI is InChI=1S/C29H29F2N3O2/c1-3-19-17-21(13-16-23(19)28(35)32-4-2)34-26-10-8-6-5-7-9-24-25(18-33-27(24)26)20-11-14-22(15-12-20)36-29(30)31/h4-6,10-18,24,29,34H,3,7-9H2,1-2H3/b6-5-,26-10-,32-4?. The Morgan fingerprint density at radius 1 is 1.22 bits per heavy atom. The molecule has 0 spiro atoms. The van der Waals surface area contributed by atoms with Gasteiger partial charge in [-0.3, -0.25) is 9.79 Å². The Kier molecular flexibility index (Phi) is 8.21. The fraction of sp³-hybridized carbons (Fsp3) is 0.276. The van der Waals surface area contributed by atoms with Crippen molar-refractivity contribution < 1.29 is 18.3 Å². The van der Waals surface area contributed by atoms with E-state index in [1.807, 2.05) is 31.3 Å². The molecule has 1 N–H and O–H groups in total. The smallest absolute Gasteiger partial charge is 0.387 e. The van der Waals surface area contributed by atoms with E-state index in [4.69, 9.17) is 4.99 Å². The Bertz CT molecular complexity index is 1260. The van der Waals surface area contributed by atoms with Gasteiger partial charge in [0.25, 0.3) is 5.91 Å². The lowest BCUT2D eigenvalue weighted by Crippen LogP contribution is -2.20. The molecule has 2 aromatic carbocycles. The van der Waals surface area contributed by atoms with Crippen molar-refractivity contribution in [3.8, 4) is 5.75 Å². The van der Waals surface area contributed by atoms with Crippen LogP contribution in [0.3, 0.4) is 0 Å². The third-order valence-electron chi connectivity index (χ3n) is 6.23. The molecule has 1 heterocycles. The van der Waals surface area contributed by atoms with Gasteiger partial charge in [0.1, 0.15) is 5.75 Å². The van der Waals surface area contributed by atoms with Crippen molar-refractivity contribution in [1.29, 1.82) is 0 Å². The molecule has 1 atom stereocenters. The van der Waals surface area contributed by atoms with Crippen LogP contribution in [-0.2, 0) is 6.42 Å². The van der Waals surface area contributed by atoms with Crippen LogP contribution in [0.4, 0.5) is 14.5 Å². The first-order valence-electron chi connectivity index (χ1n) is 12.1. The summed E-state index contributed by atoms with van der Waals surface area (Å²) >= 11 is 0. The van der Waals surface area contributed by atoms with Crippen molar-refractivity contribution in [2.75, 3.05) is 5.32 Å². The van der Waals surface area contributed by atoms with Gasteiger partial charge in [0.15, 0.2) is 0 Å². The van der Waals surface area contributed by atoms with Crippen LogP contribution < -0.4 is 10.1 Å². The number of rotatable bonds is 7. The number of hydrogen-bond donors (Lipinski definition) is 1. The van der Waals surface area contributed by atoms with Crippen molar-refractivity contribution in [2.24, 2.45) is 15.9 Å². The number of nitrogens with zero attached hydrogens (tertiary/aromatic N) is 2. The highest BCUT2D eigenvalue weighted by atomic mass is 19.3. The van der Waals surface area contributed by atoms with Gasteiger partial charge in [-0.1, -0.05) is 37.3 Å². The number of hydrogen-bond acceptors (Lipinski definition) is 4. The number of benzene rings is 2. The van der Waals surface area contributed by atoms with E-state index in [0.29, 0.717) is 12.0 Å². The average Bonchev–Trinajstić information content (AvgIpc) is 3.31. The van der Waals surface area contributed by atoms with Crippen LogP contribution in [0.5, 0.6) is 5.75 Å². The molecule has 2 aromatic rings. The maximum atomic E-state index is 12.5. The Hall–Kier alpha value is -3.87. The summed E-state index contributed by atoms with van der Waals surface area (Å²) in [6, 6.07) is 12.4. The monoisotopic (exact) mass is 489 g/mol. The molecule has 5 nitrogen and oxygen atoms in total. The second kappa shape index (κ2) is 11.7. The van der Waals surface area contributed by atoms with Gasteiger partial charge in [-0.25, -0.2) is 4.99 Å². The van der Waals surface area contributed by atoms with Crippen molar-refractivity contribution >= 4 is 29.1 Å². The minimum absolute atomic E-state index is 0.0544. The summed E-state index contributed by atoms with van der Waals surface area (Å²) in [5.74, 6) is -0.0584. The zero-order valence-electron chi connectivity index (χ0n) is 20.4. The predicted molar refractivity (Wildman–Crippen MR) is 141 cm³/mol. The van der Waals surface area contributed by atoms with Gasteiger partial charge < -0.3 is 10.1 Å². The molecule has 7 heteroatoms. The number of fused-ring (bicyclic) bond motifs is 1. The zero-order chi connectivity index (χ0) is 25.5. The van der Waals surface area contributed by atoms with Gasteiger partial charge in [-0.15, -0.1) is 0 Å². The van der Waals surface area contributed by atoms with Gasteiger partial charge in [0.2, 0.25) is 0 Å². The molecule has 1 amide bonds. The molecule has 0 bridgehead atoms. The van der Waals surface area contributed by atoms with Gasteiger partial charge >= 0.3 is 6.61 Å². The quantitative estimate of drug-likeness (QED) is 0.330. The summed E-state index contributed by atoms with van der Waals surface area (Å²) in [4.78, 5) is 21.0. The number of nitrogens with one attached hydrogen (secondary N) is 1. The number of amides is 1. The van der Waals surface area contributed by atoms with Crippen molar-refractivity contribution in [2.45, 2.75) is 46.1 Å². The molecule has 36 heavy (non-hydrogen) atoms. The first kappa shape index (κ1) is 25.2. The topological polar surface area (TPSA) is 63.0 Å². The molecule has 0 fully saturated rings. The van der Waals surface area contributed by atoms with Crippen LogP contribution in [0, 0.1) is 5.92 Å². The molecule has 0 saturated carbocycles. The Morgan fingerprint density at radius 3 is 2.75 bits per heavy atom. The van der Waals surface area contributed by atoms with E-state index in [2.05, 4.69) is 33.3 Å². The normalized spacial score (nSPS) is 19.9. The van der Waals surface area contributed by atoms with Crippen molar-refractivity contribution in [1.82, 2.24) is 0 Å². The average molecular weight is 490 g/mol. The second-order valence-electron chi connectivity index (χ2n) is 8.50. The maximum Gasteiger partial charge on any atom is 0.387 e. The number of alkyl halides is 2. The van der Waals surface area contributed by atoms with Crippen LogP contribution in [-0.4, -0.2) is 24.4 Å². The lowest BCUT2D eigenvalue weighted by atomic mass is 9.86. The molecule has 1 aliphatic heterocycles. The van der Waals surface area contributed by atoms with Crippen molar-refractivity contribution in [3.63, 3.8) is 0 Å². The molecule has 2 aliphatic rings. The molecule has 0 saturated heterocycles. The number of aryl methyl sites for hydroxylation is 1.